The van der Waals surface area contributed by atoms with Gasteiger partial charge in [-0.15, -0.1) is 0 Å². The van der Waals surface area contributed by atoms with Crippen molar-refractivity contribution in [3.05, 3.63) is 59.4 Å². The molecule has 1 aromatic heterocycles. The number of hydrogen-bond acceptors (Lipinski definition) is 5. The minimum atomic E-state index is -0.331. The van der Waals surface area contributed by atoms with Crippen LogP contribution in [0.25, 0.3) is 5.57 Å². The Labute approximate surface area is 213 Å². The number of aldehydes is 1. The lowest BCUT2D eigenvalue weighted by Gasteiger charge is -2.45. The van der Waals surface area contributed by atoms with Crippen LogP contribution in [0.3, 0.4) is 0 Å². The van der Waals surface area contributed by atoms with Crippen LogP contribution < -0.4 is 0 Å². The molecule has 2 N–H and O–H groups in total. The number of carbonyl (C=O) groups is 2. The van der Waals surface area contributed by atoms with E-state index in [1.54, 1.807) is 18.2 Å². The van der Waals surface area contributed by atoms with Crippen LogP contribution in [0.1, 0.15) is 74.8 Å². The molecule has 0 bridgehead atoms. The van der Waals surface area contributed by atoms with Crippen molar-refractivity contribution in [2.45, 2.75) is 58.4 Å². The molecule has 1 amide bonds. The molecular formula is C28H38FN5O2. The molecule has 1 aromatic carbocycles. The summed E-state index contributed by atoms with van der Waals surface area (Å²) in [6.07, 6.45) is 9.05. The predicted octanol–water partition coefficient (Wildman–Crippen LogP) is 4.95. The minimum Gasteiger partial charge on any atom is -0.340 e. The molecule has 0 radical (unpaired) electrons. The Kier molecular flexibility index (Phi) is 9.31. The molecule has 8 heteroatoms. The average Bonchev–Trinajstić information content (AvgIpc) is 3.57. The third-order valence-electron chi connectivity index (χ3n) is 7.01. The van der Waals surface area contributed by atoms with Gasteiger partial charge in [-0.3, -0.25) is 14.5 Å². The first kappa shape index (κ1) is 27.5. The van der Waals surface area contributed by atoms with Crippen LogP contribution in [-0.2, 0) is 4.79 Å². The molecule has 2 aromatic rings. The second-order valence-corrected chi connectivity index (χ2v) is 10.3. The number of allylic oxidation sites excluding steroid dienone is 2. The van der Waals surface area contributed by atoms with Crippen LogP contribution >= 0.6 is 0 Å². The zero-order valence-corrected chi connectivity index (χ0v) is 21.8. The summed E-state index contributed by atoms with van der Waals surface area (Å²) in [4.78, 5) is 34.1. The summed E-state index contributed by atoms with van der Waals surface area (Å²) in [6.45, 7) is 9.16. The highest BCUT2D eigenvalue weighted by Gasteiger charge is 2.33. The topological polar surface area (TPSA) is 93.1 Å². The number of benzene rings is 1. The summed E-state index contributed by atoms with van der Waals surface area (Å²) in [7, 11) is 2.14. The third-order valence-corrected chi connectivity index (χ3v) is 7.01. The quantitative estimate of drug-likeness (QED) is 0.400. The smallest absolute Gasteiger partial charge is 0.222 e. The van der Waals surface area contributed by atoms with E-state index in [1.807, 2.05) is 6.92 Å². The predicted molar refractivity (Wildman–Crippen MR) is 141 cm³/mol. The van der Waals surface area contributed by atoms with E-state index >= 15 is 0 Å². The summed E-state index contributed by atoms with van der Waals surface area (Å²) >= 11 is 0. The lowest BCUT2D eigenvalue weighted by Crippen LogP contribution is -2.58. The number of halogens is 1. The van der Waals surface area contributed by atoms with Crippen LogP contribution in [0.5, 0.6) is 0 Å². The summed E-state index contributed by atoms with van der Waals surface area (Å²) in [5.74, 6) is 1.47. The van der Waals surface area contributed by atoms with Crippen molar-refractivity contribution in [1.29, 1.82) is 5.41 Å². The molecule has 7 nitrogen and oxygen atoms in total. The van der Waals surface area contributed by atoms with Gasteiger partial charge in [0.2, 0.25) is 5.91 Å². The molecule has 0 atom stereocenters. The molecule has 36 heavy (non-hydrogen) atoms. The largest absolute Gasteiger partial charge is 0.340 e. The van der Waals surface area contributed by atoms with E-state index in [0.717, 1.165) is 44.0 Å². The number of nitrogens with zero attached hydrogens (tertiary/aromatic N) is 3. The van der Waals surface area contributed by atoms with Crippen molar-refractivity contribution >= 4 is 23.5 Å². The van der Waals surface area contributed by atoms with Gasteiger partial charge in [-0.05, 0) is 81.1 Å². The third kappa shape index (κ3) is 7.68. The Hall–Kier alpha value is -3.13. The van der Waals surface area contributed by atoms with Crippen LogP contribution in [0.2, 0.25) is 0 Å². The molecule has 1 saturated heterocycles. The lowest BCUT2D eigenvalue weighted by molar-refractivity contribution is -0.135. The zero-order valence-electron chi connectivity index (χ0n) is 21.8. The van der Waals surface area contributed by atoms with Gasteiger partial charge >= 0.3 is 0 Å². The number of aromatic amines is 1. The fourth-order valence-electron chi connectivity index (χ4n) is 4.13. The van der Waals surface area contributed by atoms with Gasteiger partial charge in [0.25, 0.3) is 0 Å². The van der Waals surface area contributed by atoms with E-state index in [2.05, 4.69) is 40.7 Å². The molecule has 1 aliphatic heterocycles. The lowest BCUT2D eigenvalue weighted by atomic mass is 9.99. The maximum atomic E-state index is 12.9. The number of amides is 1. The molecule has 2 aliphatic rings. The first-order chi connectivity index (χ1) is 17.1. The maximum Gasteiger partial charge on any atom is 0.222 e. The highest BCUT2D eigenvalue weighted by atomic mass is 19.1. The van der Waals surface area contributed by atoms with E-state index in [-0.39, 0.29) is 17.1 Å². The van der Waals surface area contributed by atoms with E-state index in [0.29, 0.717) is 35.7 Å². The Bertz CT molecular complexity index is 1090. The van der Waals surface area contributed by atoms with Gasteiger partial charge in [-0.25, -0.2) is 9.37 Å². The van der Waals surface area contributed by atoms with Gasteiger partial charge < -0.3 is 15.3 Å². The number of imidazole rings is 1. The molecule has 2 heterocycles. The normalized spacial score (nSPS) is 17.8. The number of piperazine rings is 1. The first-order valence-electron chi connectivity index (χ1n) is 12.7. The highest BCUT2D eigenvalue weighted by Crippen LogP contribution is 2.33. The molecule has 0 unspecified atom stereocenters. The minimum absolute atomic E-state index is 0.132. The Balaban J connectivity index is 0.000000205. The van der Waals surface area contributed by atoms with Gasteiger partial charge in [0.15, 0.2) is 6.29 Å². The molecule has 2 fully saturated rings. The van der Waals surface area contributed by atoms with Crippen molar-refractivity contribution in [2.24, 2.45) is 5.92 Å². The number of aromatic nitrogens is 2. The van der Waals surface area contributed by atoms with Gasteiger partial charge in [-0.1, -0.05) is 19.8 Å². The fourth-order valence-corrected chi connectivity index (χ4v) is 4.13. The second kappa shape index (κ2) is 12.2. The maximum absolute atomic E-state index is 12.9. The summed E-state index contributed by atoms with van der Waals surface area (Å²) < 4.78 is 12.9. The van der Waals surface area contributed by atoms with Crippen LogP contribution in [0.15, 0.2) is 36.5 Å². The Morgan fingerprint density at radius 2 is 1.94 bits per heavy atom. The summed E-state index contributed by atoms with van der Waals surface area (Å²) in [5, 5.41) is 8.02. The fraction of sp³-hybridized carbons (Fsp3) is 0.500. The van der Waals surface area contributed by atoms with Crippen molar-refractivity contribution in [3.63, 3.8) is 0 Å². The van der Waals surface area contributed by atoms with E-state index in [1.165, 1.54) is 31.2 Å². The summed E-state index contributed by atoms with van der Waals surface area (Å²) in [6, 6.07) is 5.75. The molecule has 1 saturated carbocycles. The number of H-pyrrole nitrogens is 1. The number of rotatable bonds is 8. The van der Waals surface area contributed by atoms with Crippen LogP contribution in [-0.4, -0.2) is 69.9 Å². The van der Waals surface area contributed by atoms with Gasteiger partial charge in [0.05, 0.1) is 17.6 Å². The number of likely N-dealkylation sites (N-methyl/N-ethyl adjacent to an activating group) is 1. The Morgan fingerprint density at radius 3 is 2.50 bits per heavy atom. The summed E-state index contributed by atoms with van der Waals surface area (Å²) in [5.41, 5.74) is 2.23. The van der Waals surface area contributed by atoms with Crippen LogP contribution in [0, 0.1) is 17.1 Å². The average molecular weight is 496 g/mol. The van der Waals surface area contributed by atoms with E-state index in [9.17, 15) is 14.0 Å². The Morgan fingerprint density at radius 1 is 1.25 bits per heavy atom. The van der Waals surface area contributed by atoms with Gasteiger partial charge in [0, 0.05) is 31.6 Å². The van der Waals surface area contributed by atoms with Crippen molar-refractivity contribution in [3.8, 4) is 0 Å². The van der Waals surface area contributed by atoms with Crippen molar-refractivity contribution in [1.82, 2.24) is 19.8 Å². The molecule has 4 rings (SSSR count). The standard InChI is InChI=1S/C15H14FN3O.C13H24N2O/c1-2-10(15-18-8-13(9-20)19-15)7-14(17)11-3-5-12(16)6-4-11;1-13(2)10-15(9-8-14(13)3)12(16)7-6-11-4-5-11/h3-9,17H,2H2,1H3,(H,18,19);11H,4-10H2,1-3H3/b10-7-,17-14?;. The molecule has 194 valence electrons. The van der Waals surface area contributed by atoms with Crippen molar-refractivity contribution < 1.29 is 14.0 Å². The van der Waals surface area contributed by atoms with Gasteiger partial charge in [0.1, 0.15) is 11.6 Å². The van der Waals surface area contributed by atoms with E-state index in [4.69, 9.17) is 5.41 Å². The molecular weight excluding hydrogens is 457 g/mol. The van der Waals surface area contributed by atoms with Gasteiger partial charge in [-0.2, -0.15) is 0 Å². The molecule has 0 spiro atoms. The van der Waals surface area contributed by atoms with Crippen molar-refractivity contribution in [2.75, 3.05) is 26.7 Å². The highest BCUT2D eigenvalue weighted by molar-refractivity contribution is 6.10. The zero-order chi connectivity index (χ0) is 26.3. The number of nitrogens with one attached hydrogen (secondary N) is 2. The number of hydrogen-bond donors (Lipinski definition) is 2. The molecule has 1 aliphatic carbocycles. The van der Waals surface area contributed by atoms with Crippen LogP contribution in [0.4, 0.5) is 4.39 Å². The SMILES string of the molecule is CC/C(=C/C(=N)c1ccc(F)cc1)c1ncc(C=O)[nH]1.CN1CCN(C(=O)CCC2CC2)CC1(C)C. The first-order valence-corrected chi connectivity index (χ1v) is 12.7. The number of carbonyl (C=O) groups excluding carboxylic acids is 2. The second-order valence-electron chi connectivity index (χ2n) is 10.3. The monoisotopic (exact) mass is 495 g/mol. The van der Waals surface area contributed by atoms with E-state index < -0.39 is 0 Å².